The molecule has 0 aromatic heterocycles. The van der Waals surface area contributed by atoms with Gasteiger partial charge in [-0.3, -0.25) is 4.90 Å². The number of morpholine rings is 1. The van der Waals surface area contributed by atoms with Crippen molar-refractivity contribution in [3.63, 3.8) is 0 Å². The zero-order chi connectivity index (χ0) is 15.1. The average molecular weight is 290 g/mol. The molecule has 21 heavy (non-hydrogen) atoms. The van der Waals surface area contributed by atoms with Gasteiger partial charge in [0, 0.05) is 25.7 Å². The van der Waals surface area contributed by atoms with Crippen molar-refractivity contribution in [3.8, 4) is 0 Å². The second-order valence-electron chi connectivity index (χ2n) is 5.71. The van der Waals surface area contributed by atoms with Gasteiger partial charge in [0.15, 0.2) is 5.96 Å². The number of benzene rings is 1. The minimum atomic E-state index is 0.307. The fourth-order valence-electron chi connectivity index (χ4n) is 2.36. The van der Waals surface area contributed by atoms with Crippen LogP contribution in [0.5, 0.6) is 0 Å². The Bertz CT molecular complexity index is 467. The number of guanidine groups is 1. The van der Waals surface area contributed by atoms with E-state index >= 15 is 0 Å². The third-order valence-corrected chi connectivity index (χ3v) is 3.37. The zero-order valence-corrected chi connectivity index (χ0v) is 13.0. The molecular weight excluding hydrogens is 264 g/mol. The molecule has 5 heteroatoms. The highest BCUT2D eigenvalue weighted by molar-refractivity contribution is 5.78. The van der Waals surface area contributed by atoms with Crippen LogP contribution in [0.15, 0.2) is 29.3 Å². The van der Waals surface area contributed by atoms with E-state index in [1.165, 1.54) is 11.1 Å². The quantitative estimate of drug-likeness (QED) is 0.634. The Balaban J connectivity index is 1.91. The van der Waals surface area contributed by atoms with Crippen molar-refractivity contribution < 1.29 is 4.74 Å². The van der Waals surface area contributed by atoms with Crippen molar-refractivity contribution in [1.29, 1.82) is 0 Å². The van der Waals surface area contributed by atoms with Crippen LogP contribution >= 0.6 is 0 Å². The number of ether oxygens (including phenoxy) is 1. The lowest BCUT2D eigenvalue weighted by Gasteiger charge is -2.26. The van der Waals surface area contributed by atoms with Crippen LogP contribution in [0.25, 0.3) is 0 Å². The van der Waals surface area contributed by atoms with Gasteiger partial charge in [0.2, 0.25) is 0 Å². The lowest BCUT2D eigenvalue weighted by Crippen LogP contribution is -2.36. The molecule has 116 valence electrons. The van der Waals surface area contributed by atoms with Gasteiger partial charge < -0.3 is 15.8 Å². The molecule has 0 bridgehead atoms. The van der Waals surface area contributed by atoms with Gasteiger partial charge in [-0.25, -0.2) is 4.99 Å². The number of hydrogen-bond donors (Lipinski definition) is 2. The first-order valence-corrected chi connectivity index (χ1v) is 7.58. The third-order valence-electron chi connectivity index (χ3n) is 3.37. The topological polar surface area (TPSA) is 62.9 Å². The van der Waals surface area contributed by atoms with E-state index in [0.717, 1.165) is 32.8 Å². The Hall–Kier alpha value is -1.59. The predicted octanol–water partition coefficient (Wildman–Crippen LogP) is 1.33. The number of hydrogen-bond acceptors (Lipinski definition) is 3. The number of nitrogens with two attached hydrogens (primary N) is 1. The van der Waals surface area contributed by atoms with E-state index < -0.39 is 0 Å². The Kier molecular flexibility index (Phi) is 6.02. The SMILES string of the molecule is CC(C)NC(N)=NCc1cccc(CN2CCOCC2)c1. The summed E-state index contributed by atoms with van der Waals surface area (Å²) in [5.74, 6) is 0.503. The monoisotopic (exact) mass is 290 g/mol. The molecule has 0 saturated carbocycles. The smallest absolute Gasteiger partial charge is 0.189 e. The van der Waals surface area contributed by atoms with Crippen molar-refractivity contribution in [1.82, 2.24) is 10.2 Å². The Morgan fingerprint density at radius 2 is 2.05 bits per heavy atom. The van der Waals surface area contributed by atoms with Crippen molar-refractivity contribution >= 4 is 5.96 Å². The van der Waals surface area contributed by atoms with Gasteiger partial charge in [0.05, 0.1) is 19.8 Å². The van der Waals surface area contributed by atoms with Crippen molar-refractivity contribution in [2.24, 2.45) is 10.7 Å². The fraction of sp³-hybridized carbons (Fsp3) is 0.562. The summed E-state index contributed by atoms with van der Waals surface area (Å²) in [4.78, 5) is 6.79. The molecule has 0 radical (unpaired) electrons. The lowest BCUT2D eigenvalue weighted by atomic mass is 10.1. The minimum Gasteiger partial charge on any atom is -0.379 e. The summed E-state index contributed by atoms with van der Waals surface area (Å²) < 4.78 is 5.38. The molecule has 0 spiro atoms. The maximum absolute atomic E-state index is 5.83. The Morgan fingerprint density at radius 1 is 1.33 bits per heavy atom. The highest BCUT2D eigenvalue weighted by Gasteiger charge is 2.10. The van der Waals surface area contributed by atoms with Crippen LogP contribution in [0, 0.1) is 0 Å². The molecule has 2 rings (SSSR count). The van der Waals surface area contributed by atoms with E-state index in [1.54, 1.807) is 0 Å². The van der Waals surface area contributed by atoms with Gasteiger partial charge in [0.1, 0.15) is 0 Å². The van der Waals surface area contributed by atoms with Crippen LogP contribution < -0.4 is 11.1 Å². The molecule has 1 aliphatic heterocycles. The van der Waals surface area contributed by atoms with Gasteiger partial charge in [-0.05, 0) is 25.0 Å². The average Bonchev–Trinajstić information content (AvgIpc) is 2.46. The van der Waals surface area contributed by atoms with Crippen LogP contribution in [0.1, 0.15) is 25.0 Å². The Labute approximate surface area is 127 Å². The summed E-state index contributed by atoms with van der Waals surface area (Å²) in [5.41, 5.74) is 8.34. The van der Waals surface area contributed by atoms with Crippen LogP contribution in [-0.4, -0.2) is 43.2 Å². The van der Waals surface area contributed by atoms with Gasteiger partial charge in [-0.1, -0.05) is 24.3 Å². The minimum absolute atomic E-state index is 0.307. The van der Waals surface area contributed by atoms with Gasteiger partial charge in [0.25, 0.3) is 0 Å². The predicted molar refractivity (Wildman–Crippen MR) is 86.1 cm³/mol. The van der Waals surface area contributed by atoms with E-state index in [1.807, 2.05) is 13.8 Å². The summed E-state index contributed by atoms with van der Waals surface area (Å²) in [7, 11) is 0. The molecule has 0 aliphatic carbocycles. The molecule has 3 N–H and O–H groups in total. The maximum Gasteiger partial charge on any atom is 0.189 e. The standard InChI is InChI=1S/C16H26N4O/c1-13(2)19-16(17)18-11-14-4-3-5-15(10-14)12-20-6-8-21-9-7-20/h3-5,10,13H,6-9,11-12H2,1-2H3,(H3,17,18,19). The van der Waals surface area contributed by atoms with Gasteiger partial charge in [-0.2, -0.15) is 0 Å². The molecule has 0 amide bonds. The molecule has 1 aromatic rings. The summed E-state index contributed by atoms with van der Waals surface area (Å²) in [6, 6.07) is 8.86. The van der Waals surface area contributed by atoms with Gasteiger partial charge in [-0.15, -0.1) is 0 Å². The second kappa shape index (κ2) is 8.00. The first-order valence-electron chi connectivity index (χ1n) is 7.58. The number of nitrogens with zero attached hydrogens (tertiary/aromatic N) is 2. The van der Waals surface area contributed by atoms with E-state index in [-0.39, 0.29) is 0 Å². The van der Waals surface area contributed by atoms with Crippen molar-refractivity contribution in [3.05, 3.63) is 35.4 Å². The van der Waals surface area contributed by atoms with Crippen LogP contribution in [0.2, 0.25) is 0 Å². The number of aliphatic imine (C=N–C) groups is 1. The molecule has 0 atom stereocenters. The third kappa shape index (κ3) is 5.73. The molecular formula is C16H26N4O. The first-order chi connectivity index (χ1) is 10.1. The molecule has 1 heterocycles. The molecule has 1 saturated heterocycles. The highest BCUT2D eigenvalue weighted by atomic mass is 16.5. The fourth-order valence-corrected chi connectivity index (χ4v) is 2.36. The summed E-state index contributed by atoms with van der Waals surface area (Å²) in [6.45, 7) is 9.36. The number of nitrogens with one attached hydrogen (secondary N) is 1. The van der Waals surface area contributed by atoms with Crippen LogP contribution in [-0.2, 0) is 17.8 Å². The molecule has 1 aromatic carbocycles. The largest absolute Gasteiger partial charge is 0.379 e. The van der Waals surface area contributed by atoms with Crippen molar-refractivity contribution in [2.45, 2.75) is 33.0 Å². The van der Waals surface area contributed by atoms with Gasteiger partial charge >= 0.3 is 0 Å². The lowest BCUT2D eigenvalue weighted by molar-refractivity contribution is 0.0342. The first kappa shape index (κ1) is 15.8. The highest BCUT2D eigenvalue weighted by Crippen LogP contribution is 2.10. The normalized spacial score (nSPS) is 17.2. The van der Waals surface area contributed by atoms with E-state index in [2.05, 4.69) is 39.5 Å². The van der Waals surface area contributed by atoms with E-state index in [4.69, 9.17) is 10.5 Å². The van der Waals surface area contributed by atoms with Crippen LogP contribution in [0.4, 0.5) is 0 Å². The molecule has 1 aliphatic rings. The van der Waals surface area contributed by atoms with E-state index in [0.29, 0.717) is 18.5 Å². The second-order valence-corrected chi connectivity index (χ2v) is 5.71. The molecule has 5 nitrogen and oxygen atoms in total. The van der Waals surface area contributed by atoms with Crippen LogP contribution in [0.3, 0.4) is 0 Å². The summed E-state index contributed by atoms with van der Waals surface area (Å²) in [5, 5.41) is 3.10. The van der Waals surface area contributed by atoms with E-state index in [9.17, 15) is 0 Å². The molecule has 0 unspecified atom stereocenters. The maximum atomic E-state index is 5.83. The summed E-state index contributed by atoms with van der Waals surface area (Å²) >= 11 is 0. The summed E-state index contributed by atoms with van der Waals surface area (Å²) in [6.07, 6.45) is 0. The zero-order valence-electron chi connectivity index (χ0n) is 13.0. The number of rotatable bonds is 5. The molecule has 1 fully saturated rings. The van der Waals surface area contributed by atoms with Crippen molar-refractivity contribution in [2.75, 3.05) is 26.3 Å². The Morgan fingerprint density at radius 3 is 2.76 bits per heavy atom.